The largest absolute Gasteiger partial charge is 0.326 e. The second-order valence-electron chi connectivity index (χ2n) is 7.63. The fourth-order valence-corrected chi connectivity index (χ4v) is 4.95. The van der Waals surface area contributed by atoms with Crippen LogP contribution in [0.15, 0.2) is 83.6 Å². The second kappa shape index (κ2) is 13.7. The first kappa shape index (κ1) is 28.9. The van der Waals surface area contributed by atoms with E-state index in [4.69, 9.17) is 0 Å². The molecule has 0 fully saturated rings. The molecule has 0 heterocycles. The molecule has 2 amide bonds. The fourth-order valence-electron chi connectivity index (χ4n) is 2.96. The molecule has 36 heavy (non-hydrogen) atoms. The van der Waals surface area contributed by atoms with E-state index in [0.29, 0.717) is 24.2 Å². The van der Waals surface area contributed by atoms with Crippen LogP contribution in [-0.4, -0.2) is 41.7 Å². The van der Waals surface area contributed by atoms with Crippen molar-refractivity contribution in [1.82, 2.24) is 9.44 Å². The van der Waals surface area contributed by atoms with Gasteiger partial charge in [0.2, 0.25) is 31.9 Å². The lowest BCUT2D eigenvalue weighted by Crippen LogP contribution is -2.23. The third-order valence-corrected chi connectivity index (χ3v) is 7.67. The average molecular weight is 535 g/mol. The Labute approximate surface area is 212 Å². The molecule has 0 radical (unpaired) electrons. The molecule has 0 saturated heterocycles. The van der Waals surface area contributed by atoms with E-state index < -0.39 is 20.0 Å². The maximum atomic E-state index is 12.1. The average Bonchev–Trinajstić information content (AvgIpc) is 2.85. The molecule has 2 aromatic rings. The summed E-state index contributed by atoms with van der Waals surface area (Å²) in [6.45, 7) is 7.15. The Kier molecular flexibility index (Phi) is 11.0. The summed E-state index contributed by atoms with van der Waals surface area (Å²) >= 11 is 0. The molecule has 2 aromatic carbocycles. The first-order valence-corrected chi connectivity index (χ1v) is 14.0. The van der Waals surface area contributed by atoms with E-state index >= 15 is 0 Å². The van der Waals surface area contributed by atoms with Crippen LogP contribution in [0, 0.1) is 0 Å². The number of benzene rings is 2. The fraction of sp³-hybridized carbons (Fsp3) is 0.250. The summed E-state index contributed by atoms with van der Waals surface area (Å²) in [5.74, 6) is -0.504. The highest BCUT2D eigenvalue weighted by atomic mass is 32.2. The van der Waals surface area contributed by atoms with E-state index in [9.17, 15) is 26.4 Å². The molecule has 0 aromatic heterocycles. The van der Waals surface area contributed by atoms with E-state index in [1.165, 1.54) is 60.7 Å². The Hall–Kier alpha value is -3.32. The molecular formula is C24H30N4O6S2. The van der Waals surface area contributed by atoms with Gasteiger partial charge in [0.1, 0.15) is 0 Å². The van der Waals surface area contributed by atoms with Crippen LogP contribution >= 0.6 is 0 Å². The van der Waals surface area contributed by atoms with Crippen molar-refractivity contribution in [1.29, 1.82) is 0 Å². The van der Waals surface area contributed by atoms with Crippen LogP contribution in [-0.2, 0) is 29.6 Å². The van der Waals surface area contributed by atoms with Crippen LogP contribution in [0.3, 0.4) is 0 Å². The van der Waals surface area contributed by atoms with Gasteiger partial charge < -0.3 is 10.6 Å². The number of sulfonamides is 2. The van der Waals surface area contributed by atoms with E-state index in [-0.39, 0.29) is 47.5 Å². The molecule has 10 nitrogen and oxygen atoms in total. The number of hydrogen-bond acceptors (Lipinski definition) is 6. The Morgan fingerprint density at radius 2 is 0.972 bits per heavy atom. The van der Waals surface area contributed by atoms with Crippen LogP contribution in [0.5, 0.6) is 0 Å². The van der Waals surface area contributed by atoms with Crippen molar-refractivity contribution in [3.05, 3.63) is 73.8 Å². The molecule has 0 unspecified atom stereocenters. The SMILES string of the molecule is C=CCNS(=O)(=O)c1ccc(NC(=O)CCCCC(=O)Nc2ccc(S(=O)(=O)NCC=C)cc2)cc1. The topological polar surface area (TPSA) is 151 Å². The third kappa shape index (κ3) is 9.38. The lowest BCUT2D eigenvalue weighted by atomic mass is 10.1. The van der Waals surface area contributed by atoms with Gasteiger partial charge in [-0.05, 0) is 61.4 Å². The third-order valence-electron chi connectivity index (χ3n) is 4.79. The summed E-state index contributed by atoms with van der Waals surface area (Å²) in [6.07, 6.45) is 4.21. The predicted octanol–water partition coefficient (Wildman–Crippen LogP) is 2.75. The Morgan fingerprint density at radius 1 is 0.639 bits per heavy atom. The van der Waals surface area contributed by atoms with Crippen LogP contribution in [0.25, 0.3) is 0 Å². The molecule has 0 spiro atoms. The summed E-state index contributed by atoms with van der Waals surface area (Å²) in [7, 11) is -7.27. The zero-order chi connectivity index (χ0) is 26.6. The van der Waals surface area contributed by atoms with Gasteiger partial charge in [0.25, 0.3) is 0 Å². The van der Waals surface area contributed by atoms with Crippen molar-refractivity contribution in [3.63, 3.8) is 0 Å². The minimum absolute atomic E-state index is 0.0778. The molecule has 0 aliphatic heterocycles. The highest BCUT2D eigenvalue weighted by Crippen LogP contribution is 2.16. The van der Waals surface area contributed by atoms with Crippen LogP contribution in [0.2, 0.25) is 0 Å². The van der Waals surface area contributed by atoms with Crippen molar-refractivity contribution >= 4 is 43.2 Å². The summed E-state index contributed by atoms with van der Waals surface area (Å²) in [6, 6.07) is 11.6. The van der Waals surface area contributed by atoms with Gasteiger partial charge in [0.15, 0.2) is 0 Å². The van der Waals surface area contributed by atoms with Crippen molar-refractivity contribution in [2.45, 2.75) is 35.5 Å². The smallest absolute Gasteiger partial charge is 0.240 e. The summed E-state index contributed by atoms with van der Waals surface area (Å²) in [4.78, 5) is 24.4. The van der Waals surface area contributed by atoms with Gasteiger partial charge in [-0.3, -0.25) is 9.59 Å². The maximum Gasteiger partial charge on any atom is 0.240 e. The summed E-state index contributed by atoms with van der Waals surface area (Å²) in [5, 5.41) is 5.38. The van der Waals surface area contributed by atoms with Gasteiger partial charge >= 0.3 is 0 Å². The second-order valence-corrected chi connectivity index (χ2v) is 11.2. The number of nitrogens with one attached hydrogen (secondary N) is 4. The van der Waals surface area contributed by atoms with Crippen molar-refractivity contribution in [2.75, 3.05) is 23.7 Å². The first-order chi connectivity index (χ1) is 17.1. The number of rotatable bonds is 15. The van der Waals surface area contributed by atoms with Gasteiger partial charge in [-0.25, -0.2) is 26.3 Å². The molecule has 0 aliphatic carbocycles. The minimum atomic E-state index is -3.63. The zero-order valence-corrected chi connectivity index (χ0v) is 21.3. The lowest BCUT2D eigenvalue weighted by Gasteiger charge is -2.09. The minimum Gasteiger partial charge on any atom is -0.326 e. The van der Waals surface area contributed by atoms with Gasteiger partial charge in [-0.15, -0.1) is 13.2 Å². The molecule has 194 valence electrons. The Bertz CT molecular complexity index is 1170. The monoisotopic (exact) mass is 534 g/mol. The van der Waals surface area contributed by atoms with Crippen molar-refractivity contribution in [2.24, 2.45) is 0 Å². The van der Waals surface area contributed by atoms with Crippen LogP contribution in [0.4, 0.5) is 11.4 Å². The molecule has 0 aliphatic rings. The van der Waals surface area contributed by atoms with E-state index in [0.717, 1.165) is 0 Å². The van der Waals surface area contributed by atoms with E-state index in [2.05, 4.69) is 33.2 Å². The quantitative estimate of drug-likeness (QED) is 0.204. The van der Waals surface area contributed by atoms with Crippen LogP contribution < -0.4 is 20.1 Å². The van der Waals surface area contributed by atoms with Gasteiger partial charge in [-0.2, -0.15) is 0 Å². The number of unbranched alkanes of at least 4 members (excludes halogenated alkanes) is 1. The summed E-state index contributed by atoms with van der Waals surface area (Å²) in [5.41, 5.74) is 0.927. The van der Waals surface area contributed by atoms with Crippen molar-refractivity contribution < 1.29 is 26.4 Å². The van der Waals surface area contributed by atoms with Crippen molar-refractivity contribution in [3.8, 4) is 0 Å². The van der Waals surface area contributed by atoms with Gasteiger partial charge in [0, 0.05) is 37.3 Å². The molecule has 0 saturated carbocycles. The highest BCUT2D eigenvalue weighted by Gasteiger charge is 2.14. The van der Waals surface area contributed by atoms with E-state index in [1.54, 1.807) is 0 Å². The Balaban J connectivity index is 1.73. The standard InChI is InChI=1S/C24H30N4O6S2/c1-3-17-25-35(31,32)21-13-9-19(10-14-21)27-23(29)7-5-6-8-24(30)28-20-11-15-22(16-12-20)36(33,34)26-18-4-2/h3-4,9-16,25-26H,1-2,5-8,17-18H2,(H,27,29)(H,28,30). The number of hydrogen-bond donors (Lipinski definition) is 4. The van der Waals surface area contributed by atoms with Crippen LogP contribution in [0.1, 0.15) is 25.7 Å². The Morgan fingerprint density at radius 3 is 1.28 bits per heavy atom. The number of anilines is 2. The molecule has 2 rings (SSSR count). The molecule has 4 N–H and O–H groups in total. The van der Waals surface area contributed by atoms with Gasteiger partial charge in [-0.1, -0.05) is 12.2 Å². The zero-order valence-electron chi connectivity index (χ0n) is 19.7. The number of carbonyl (C=O) groups is 2. The predicted molar refractivity (Wildman–Crippen MR) is 139 cm³/mol. The number of amides is 2. The van der Waals surface area contributed by atoms with E-state index in [1.807, 2.05) is 0 Å². The first-order valence-electron chi connectivity index (χ1n) is 11.1. The number of carbonyl (C=O) groups excluding carboxylic acids is 2. The lowest BCUT2D eigenvalue weighted by molar-refractivity contribution is -0.118. The maximum absolute atomic E-state index is 12.1. The summed E-state index contributed by atoms with van der Waals surface area (Å²) < 4.78 is 52.9. The molecule has 0 atom stereocenters. The molecular weight excluding hydrogens is 504 g/mol. The van der Waals surface area contributed by atoms with Gasteiger partial charge in [0.05, 0.1) is 9.79 Å². The molecule has 0 bridgehead atoms. The normalized spacial score (nSPS) is 11.4. The molecule has 12 heteroatoms. The highest BCUT2D eigenvalue weighted by molar-refractivity contribution is 7.89.